The highest BCUT2D eigenvalue weighted by atomic mass is 16.5. The molecule has 36 heavy (non-hydrogen) atoms. The van der Waals surface area contributed by atoms with Crippen LogP contribution in [0.3, 0.4) is 0 Å². The van der Waals surface area contributed by atoms with Crippen LogP contribution in [0.1, 0.15) is 48.9 Å². The van der Waals surface area contributed by atoms with Crippen molar-refractivity contribution in [1.82, 2.24) is 14.8 Å². The van der Waals surface area contributed by atoms with Gasteiger partial charge in [-0.2, -0.15) is 0 Å². The highest BCUT2D eigenvalue weighted by Crippen LogP contribution is 2.38. The van der Waals surface area contributed by atoms with Crippen molar-refractivity contribution in [3.05, 3.63) is 54.4 Å². The minimum Gasteiger partial charge on any atom is -0.491 e. The van der Waals surface area contributed by atoms with Crippen molar-refractivity contribution >= 4 is 11.8 Å². The van der Waals surface area contributed by atoms with Crippen molar-refractivity contribution in [2.24, 2.45) is 5.41 Å². The molecule has 8 nitrogen and oxygen atoms in total. The van der Waals surface area contributed by atoms with Gasteiger partial charge in [0.15, 0.2) is 0 Å². The van der Waals surface area contributed by atoms with Gasteiger partial charge >= 0.3 is 0 Å². The second-order valence-corrected chi connectivity index (χ2v) is 9.69. The Hall–Kier alpha value is -3.13. The minimum atomic E-state index is -0.0201. The third-order valence-corrected chi connectivity index (χ3v) is 7.28. The van der Waals surface area contributed by atoms with Crippen LogP contribution in [0.15, 0.2) is 48.8 Å². The Labute approximate surface area is 213 Å². The van der Waals surface area contributed by atoms with Crippen LogP contribution in [0, 0.1) is 5.41 Å². The Kier molecular flexibility index (Phi) is 9.17. The van der Waals surface area contributed by atoms with Crippen LogP contribution in [0.2, 0.25) is 0 Å². The number of nitrogens with zero attached hydrogens (tertiary/aromatic N) is 3. The van der Waals surface area contributed by atoms with Crippen LogP contribution < -0.4 is 9.47 Å². The molecule has 0 aliphatic carbocycles. The second kappa shape index (κ2) is 12.7. The molecule has 0 spiro atoms. The van der Waals surface area contributed by atoms with Gasteiger partial charge in [0.2, 0.25) is 5.91 Å². The maximum atomic E-state index is 13.4. The van der Waals surface area contributed by atoms with E-state index in [0.29, 0.717) is 63.7 Å². The Bertz CT molecular complexity index is 992. The quantitative estimate of drug-likeness (QED) is 0.606. The molecule has 0 saturated carbocycles. The van der Waals surface area contributed by atoms with Crippen molar-refractivity contribution in [3.63, 3.8) is 0 Å². The molecular formula is C28H37N3O5. The number of carbonyl (C=O) groups excluding carboxylic acids is 2. The lowest BCUT2D eigenvalue weighted by molar-refractivity contribution is -0.132. The maximum absolute atomic E-state index is 13.4. The highest BCUT2D eigenvalue weighted by Gasteiger charge is 2.37. The summed E-state index contributed by atoms with van der Waals surface area (Å²) < 4.78 is 17.3. The largest absolute Gasteiger partial charge is 0.491 e. The van der Waals surface area contributed by atoms with Gasteiger partial charge in [0.1, 0.15) is 18.1 Å². The normalized spacial score (nSPS) is 18.5. The first-order valence-electron chi connectivity index (χ1n) is 12.9. The molecule has 1 aromatic carbocycles. The van der Waals surface area contributed by atoms with E-state index in [1.165, 1.54) is 0 Å². The van der Waals surface area contributed by atoms with E-state index in [-0.39, 0.29) is 17.2 Å². The molecular weight excluding hydrogens is 458 g/mol. The average molecular weight is 496 g/mol. The Morgan fingerprint density at radius 3 is 2.67 bits per heavy atom. The number of benzene rings is 1. The van der Waals surface area contributed by atoms with E-state index in [4.69, 9.17) is 14.2 Å². The molecule has 2 amide bonds. The summed E-state index contributed by atoms with van der Waals surface area (Å²) in [6.07, 6.45) is 8.46. The molecule has 1 fully saturated rings. The van der Waals surface area contributed by atoms with Crippen LogP contribution in [-0.4, -0.2) is 79.7 Å². The maximum Gasteiger partial charge on any atom is 0.257 e. The number of aromatic nitrogens is 1. The molecule has 2 aromatic rings. The van der Waals surface area contributed by atoms with Crippen LogP contribution in [0.5, 0.6) is 11.5 Å². The van der Waals surface area contributed by atoms with Gasteiger partial charge in [-0.15, -0.1) is 0 Å². The Morgan fingerprint density at radius 2 is 1.89 bits per heavy atom. The summed E-state index contributed by atoms with van der Waals surface area (Å²) in [4.78, 5) is 34.2. The van der Waals surface area contributed by atoms with E-state index in [9.17, 15) is 9.59 Å². The number of pyridine rings is 1. The lowest BCUT2D eigenvalue weighted by atomic mass is 9.75. The lowest BCUT2D eigenvalue weighted by Gasteiger charge is -2.42. The standard InChI is InChI=1S/C28H37N3O5/c1-34-19-10-26(32)30-15-5-4-11-28(22-36-23-7-6-14-29-21-23)12-16-31(17-13-28)27(33)24-8-2-3-9-25(24)35-20-18-30/h2-3,6-9,14,21H,4-5,10-13,15-20,22H2,1H3. The summed E-state index contributed by atoms with van der Waals surface area (Å²) in [6.45, 7) is 3.86. The summed E-state index contributed by atoms with van der Waals surface area (Å²) in [5, 5.41) is 0. The van der Waals surface area contributed by atoms with Crippen molar-refractivity contribution in [3.8, 4) is 11.5 Å². The lowest BCUT2D eigenvalue weighted by Crippen LogP contribution is -2.45. The van der Waals surface area contributed by atoms with Gasteiger partial charge in [-0.25, -0.2) is 0 Å². The molecule has 5 rings (SSSR count). The van der Waals surface area contributed by atoms with E-state index in [1.807, 2.05) is 46.2 Å². The Morgan fingerprint density at radius 1 is 1.06 bits per heavy atom. The van der Waals surface area contributed by atoms with Gasteiger partial charge in [-0.1, -0.05) is 18.6 Å². The van der Waals surface area contributed by atoms with Gasteiger partial charge < -0.3 is 24.0 Å². The number of hydrogen-bond acceptors (Lipinski definition) is 6. The number of fused-ring (bicyclic) bond motifs is 9. The number of piperidine rings is 1. The predicted octanol–water partition coefficient (Wildman–Crippen LogP) is 3.81. The van der Waals surface area contributed by atoms with Crippen LogP contribution in [0.4, 0.5) is 0 Å². The van der Waals surface area contributed by atoms with E-state index < -0.39 is 0 Å². The molecule has 8 heteroatoms. The number of ether oxygens (including phenoxy) is 3. The van der Waals surface area contributed by atoms with Crippen molar-refractivity contribution < 1.29 is 23.8 Å². The zero-order valence-corrected chi connectivity index (χ0v) is 21.2. The second-order valence-electron chi connectivity index (χ2n) is 9.69. The highest BCUT2D eigenvalue weighted by molar-refractivity contribution is 5.97. The number of hydrogen-bond donors (Lipinski definition) is 0. The number of amides is 2. The third kappa shape index (κ3) is 6.75. The molecule has 0 unspecified atom stereocenters. The van der Waals surface area contributed by atoms with E-state index in [2.05, 4.69) is 4.98 Å². The summed E-state index contributed by atoms with van der Waals surface area (Å²) >= 11 is 0. The smallest absolute Gasteiger partial charge is 0.257 e. The van der Waals surface area contributed by atoms with Crippen molar-refractivity contribution in [2.75, 3.05) is 53.1 Å². The van der Waals surface area contributed by atoms with E-state index in [1.54, 1.807) is 19.5 Å². The van der Waals surface area contributed by atoms with Crippen LogP contribution in [0.25, 0.3) is 0 Å². The molecule has 194 valence electrons. The average Bonchev–Trinajstić information content (AvgIpc) is 2.93. The number of methoxy groups -OCH3 is 1. The summed E-state index contributed by atoms with van der Waals surface area (Å²) in [5.74, 6) is 1.40. The molecule has 2 bridgehead atoms. The van der Waals surface area contributed by atoms with Crippen LogP contribution in [-0.2, 0) is 9.53 Å². The van der Waals surface area contributed by atoms with E-state index in [0.717, 1.165) is 37.9 Å². The Balaban J connectivity index is 1.52. The van der Waals surface area contributed by atoms with Crippen molar-refractivity contribution in [1.29, 1.82) is 0 Å². The zero-order chi connectivity index (χ0) is 25.2. The van der Waals surface area contributed by atoms with Gasteiger partial charge in [0, 0.05) is 38.4 Å². The first-order valence-corrected chi connectivity index (χ1v) is 12.9. The van der Waals surface area contributed by atoms with Gasteiger partial charge in [-0.05, 0) is 49.9 Å². The minimum absolute atomic E-state index is 0.00437. The zero-order valence-electron chi connectivity index (χ0n) is 21.2. The molecule has 1 aromatic heterocycles. The monoisotopic (exact) mass is 495 g/mol. The topological polar surface area (TPSA) is 81.2 Å². The summed E-state index contributed by atoms with van der Waals surface area (Å²) in [7, 11) is 1.61. The van der Waals surface area contributed by atoms with Crippen LogP contribution >= 0.6 is 0 Å². The fourth-order valence-corrected chi connectivity index (χ4v) is 5.04. The first kappa shape index (κ1) is 25.9. The van der Waals surface area contributed by atoms with E-state index >= 15 is 0 Å². The molecule has 4 heterocycles. The van der Waals surface area contributed by atoms with Crippen molar-refractivity contribution in [2.45, 2.75) is 38.5 Å². The SMILES string of the molecule is COCCC(=O)N1CCCCC2(COc3cccnc3)CCN(CC2)C(=O)c2ccccc2OCC1. The number of para-hydroxylation sites is 1. The number of carbonyl (C=O) groups is 2. The molecule has 3 aliphatic rings. The molecule has 3 aliphatic heterocycles. The first-order chi connectivity index (χ1) is 17.6. The number of rotatable bonds is 6. The fourth-order valence-electron chi connectivity index (χ4n) is 5.04. The molecule has 0 N–H and O–H groups in total. The van der Waals surface area contributed by atoms with Gasteiger partial charge in [0.05, 0.1) is 37.9 Å². The summed E-state index contributed by atoms with van der Waals surface area (Å²) in [5.41, 5.74) is 0.553. The fraction of sp³-hybridized carbons (Fsp3) is 0.536. The molecule has 1 saturated heterocycles. The third-order valence-electron chi connectivity index (χ3n) is 7.28. The molecule has 0 atom stereocenters. The molecule has 0 radical (unpaired) electrons. The van der Waals surface area contributed by atoms with Gasteiger partial charge in [-0.3, -0.25) is 14.6 Å². The predicted molar refractivity (Wildman–Crippen MR) is 136 cm³/mol. The van der Waals surface area contributed by atoms with Gasteiger partial charge in [0.25, 0.3) is 5.91 Å². The summed E-state index contributed by atoms with van der Waals surface area (Å²) in [6, 6.07) is 11.2.